The van der Waals surface area contributed by atoms with E-state index in [9.17, 15) is 14.9 Å². The van der Waals surface area contributed by atoms with Crippen LogP contribution in [0.25, 0.3) is 0 Å². The van der Waals surface area contributed by atoms with Gasteiger partial charge >= 0.3 is 0 Å². The zero-order chi connectivity index (χ0) is 12.4. The molecule has 0 aromatic heterocycles. The molecule has 1 aliphatic carbocycles. The molecule has 0 spiro atoms. The Kier molecular flexibility index (Phi) is 3.22. The zero-order valence-corrected chi connectivity index (χ0v) is 9.76. The number of hydrogen-bond donors (Lipinski definition) is 0. The van der Waals surface area contributed by atoms with E-state index in [4.69, 9.17) is 0 Å². The van der Waals surface area contributed by atoms with Crippen LogP contribution in [0.5, 0.6) is 0 Å². The van der Waals surface area contributed by atoms with Crippen molar-refractivity contribution in [3.63, 3.8) is 0 Å². The third kappa shape index (κ3) is 2.35. The van der Waals surface area contributed by atoms with Gasteiger partial charge in [-0.15, -0.1) is 0 Å². The Bertz CT molecular complexity index is 456. The summed E-state index contributed by atoms with van der Waals surface area (Å²) in [7, 11) is 0. The number of benzene rings is 1. The molecule has 0 saturated heterocycles. The van der Waals surface area contributed by atoms with Crippen molar-refractivity contribution in [2.24, 2.45) is 5.92 Å². The lowest BCUT2D eigenvalue weighted by Crippen LogP contribution is -2.24. The Balaban J connectivity index is 2.35. The van der Waals surface area contributed by atoms with Gasteiger partial charge in [-0.3, -0.25) is 14.9 Å². The van der Waals surface area contributed by atoms with Crippen molar-refractivity contribution < 1.29 is 9.72 Å². The molecule has 4 heteroatoms. The average Bonchev–Trinajstić information content (AvgIpc) is 2.29. The molecule has 1 aromatic carbocycles. The van der Waals surface area contributed by atoms with E-state index < -0.39 is 4.92 Å². The van der Waals surface area contributed by atoms with Crippen molar-refractivity contribution in [3.8, 4) is 0 Å². The Hall–Kier alpha value is -1.71. The summed E-state index contributed by atoms with van der Waals surface area (Å²) < 4.78 is 0. The van der Waals surface area contributed by atoms with Crippen LogP contribution in [0.1, 0.15) is 37.7 Å². The molecule has 2 rings (SSSR count). The first-order chi connectivity index (χ1) is 8.09. The fraction of sp³-hybridized carbons (Fsp3) is 0.462. The van der Waals surface area contributed by atoms with Crippen molar-refractivity contribution in [2.45, 2.75) is 32.1 Å². The van der Waals surface area contributed by atoms with Gasteiger partial charge in [-0.05, 0) is 24.3 Å². The number of Topliss-reactive ketones (excluding diaryl/α,β-unsaturated/α-hetero) is 1. The largest absolute Gasteiger partial charge is 0.299 e. The summed E-state index contributed by atoms with van der Waals surface area (Å²) in [5, 5.41) is 10.7. The number of nitro benzene ring substituents is 1. The van der Waals surface area contributed by atoms with Crippen LogP contribution in [-0.2, 0) is 4.79 Å². The summed E-state index contributed by atoms with van der Waals surface area (Å²) >= 11 is 0. The van der Waals surface area contributed by atoms with Gasteiger partial charge in [-0.2, -0.15) is 0 Å². The minimum atomic E-state index is -0.415. The molecule has 0 aliphatic heterocycles. The predicted molar refractivity (Wildman–Crippen MR) is 63.9 cm³/mol. The van der Waals surface area contributed by atoms with E-state index in [1.54, 1.807) is 6.07 Å². The lowest BCUT2D eigenvalue weighted by atomic mass is 9.75. The fourth-order valence-electron chi connectivity index (χ4n) is 2.58. The zero-order valence-electron chi connectivity index (χ0n) is 9.76. The van der Waals surface area contributed by atoms with Crippen molar-refractivity contribution >= 4 is 11.5 Å². The first kappa shape index (κ1) is 11.8. The quantitative estimate of drug-likeness (QED) is 0.582. The number of carbonyl (C=O) groups excluding carboxylic acids is 1. The number of hydrogen-bond acceptors (Lipinski definition) is 3. The van der Waals surface area contributed by atoms with E-state index >= 15 is 0 Å². The van der Waals surface area contributed by atoms with Gasteiger partial charge in [0.2, 0.25) is 0 Å². The van der Waals surface area contributed by atoms with Crippen LogP contribution in [0.2, 0.25) is 0 Å². The topological polar surface area (TPSA) is 60.2 Å². The van der Waals surface area contributed by atoms with Crippen LogP contribution >= 0.6 is 0 Å². The van der Waals surface area contributed by atoms with Crippen molar-refractivity contribution in [3.05, 3.63) is 39.9 Å². The minimum Gasteiger partial charge on any atom is -0.299 e. The maximum atomic E-state index is 11.9. The van der Waals surface area contributed by atoms with E-state index in [0.717, 1.165) is 18.4 Å². The van der Waals surface area contributed by atoms with Gasteiger partial charge in [0, 0.05) is 24.5 Å². The maximum Gasteiger partial charge on any atom is 0.269 e. The lowest BCUT2D eigenvalue weighted by Gasteiger charge is -2.27. The number of nitrogens with zero attached hydrogens (tertiary/aromatic N) is 1. The number of non-ortho nitro benzene ring substituents is 1. The van der Waals surface area contributed by atoms with Crippen LogP contribution in [0, 0.1) is 16.0 Å². The number of carbonyl (C=O) groups is 1. The molecule has 2 atom stereocenters. The summed E-state index contributed by atoms with van der Waals surface area (Å²) in [5.74, 6) is 0.325. The molecule has 0 bridgehead atoms. The molecule has 1 aliphatic rings. The van der Waals surface area contributed by atoms with Gasteiger partial charge in [-0.1, -0.05) is 19.1 Å². The van der Waals surface area contributed by atoms with Crippen LogP contribution in [-0.4, -0.2) is 10.7 Å². The van der Waals surface area contributed by atoms with Crippen LogP contribution in [0.3, 0.4) is 0 Å². The van der Waals surface area contributed by atoms with Gasteiger partial charge in [0.05, 0.1) is 4.92 Å². The molecule has 1 saturated carbocycles. The van der Waals surface area contributed by atoms with Crippen molar-refractivity contribution in [1.29, 1.82) is 0 Å². The summed E-state index contributed by atoms with van der Waals surface area (Å²) in [6.45, 7) is 2.04. The summed E-state index contributed by atoms with van der Waals surface area (Å²) in [5.41, 5.74) is 0.851. The molecule has 90 valence electrons. The molecule has 0 amide bonds. The lowest BCUT2D eigenvalue weighted by molar-refractivity contribution is -0.384. The summed E-state index contributed by atoms with van der Waals surface area (Å²) in [6, 6.07) is 6.46. The maximum absolute atomic E-state index is 11.9. The third-order valence-corrected chi connectivity index (χ3v) is 3.44. The second-order valence-electron chi connectivity index (χ2n) is 4.67. The highest BCUT2D eigenvalue weighted by molar-refractivity contribution is 5.86. The highest BCUT2D eigenvalue weighted by Crippen LogP contribution is 2.35. The van der Waals surface area contributed by atoms with Gasteiger partial charge in [-0.25, -0.2) is 0 Å². The van der Waals surface area contributed by atoms with E-state index in [0.29, 0.717) is 6.42 Å². The normalized spacial score (nSPS) is 24.6. The molecule has 17 heavy (non-hydrogen) atoms. The van der Waals surface area contributed by atoms with Crippen molar-refractivity contribution in [2.75, 3.05) is 0 Å². The molecular formula is C13H15NO3. The first-order valence-corrected chi connectivity index (χ1v) is 5.86. The second kappa shape index (κ2) is 4.65. The Morgan fingerprint density at radius 2 is 2.18 bits per heavy atom. The minimum absolute atomic E-state index is 0.0630. The SMILES string of the molecule is CC1CCCC(=O)C1c1cccc([N+](=O)[O-])c1. The standard InChI is InChI=1S/C13H15NO3/c1-9-4-2-7-12(15)13(9)10-5-3-6-11(8-10)14(16)17/h3,5-6,8-9,13H,2,4,7H2,1H3. The third-order valence-electron chi connectivity index (χ3n) is 3.44. The number of ketones is 1. The molecule has 1 aromatic rings. The van der Waals surface area contributed by atoms with Crippen LogP contribution in [0.15, 0.2) is 24.3 Å². The Morgan fingerprint density at radius 1 is 1.41 bits per heavy atom. The van der Waals surface area contributed by atoms with E-state index in [1.165, 1.54) is 12.1 Å². The molecule has 2 unspecified atom stereocenters. The average molecular weight is 233 g/mol. The molecule has 0 heterocycles. The summed E-state index contributed by atoms with van der Waals surface area (Å²) in [4.78, 5) is 22.2. The van der Waals surface area contributed by atoms with Crippen LogP contribution < -0.4 is 0 Å². The Morgan fingerprint density at radius 3 is 2.82 bits per heavy atom. The molecule has 0 radical (unpaired) electrons. The van der Waals surface area contributed by atoms with Gasteiger partial charge in [0.25, 0.3) is 5.69 Å². The molecular weight excluding hydrogens is 218 g/mol. The first-order valence-electron chi connectivity index (χ1n) is 5.86. The van der Waals surface area contributed by atoms with E-state index in [2.05, 4.69) is 0 Å². The fourth-order valence-corrected chi connectivity index (χ4v) is 2.58. The predicted octanol–water partition coefficient (Wildman–Crippen LogP) is 3.07. The highest BCUT2D eigenvalue weighted by Gasteiger charge is 2.30. The van der Waals surface area contributed by atoms with Gasteiger partial charge in [0.15, 0.2) is 0 Å². The Labute approximate surface area is 99.8 Å². The number of rotatable bonds is 2. The second-order valence-corrected chi connectivity index (χ2v) is 4.67. The van der Waals surface area contributed by atoms with Gasteiger partial charge < -0.3 is 0 Å². The highest BCUT2D eigenvalue weighted by atomic mass is 16.6. The number of nitro groups is 1. The molecule has 4 nitrogen and oxygen atoms in total. The van der Waals surface area contributed by atoms with E-state index in [1.807, 2.05) is 13.0 Å². The monoisotopic (exact) mass is 233 g/mol. The van der Waals surface area contributed by atoms with Crippen molar-refractivity contribution in [1.82, 2.24) is 0 Å². The van der Waals surface area contributed by atoms with Crippen LogP contribution in [0.4, 0.5) is 5.69 Å². The van der Waals surface area contributed by atoms with Gasteiger partial charge in [0.1, 0.15) is 5.78 Å². The molecule has 1 fully saturated rings. The molecule has 0 N–H and O–H groups in total. The summed E-state index contributed by atoms with van der Waals surface area (Å²) in [6.07, 6.45) is 2.54. The van der Waals surface area contributed by atoms with E-state index in [-0.39, 0.29) is 23.3 Å². The smallest absolute Gasteiger partial charge is 0.269 e.